The molecule has 0 aromatic heterocycles. The topological polar surface area (TPSA) is 154 Å². The van der Waals surface area contributed by atoms with Crippen LogP contribution in [0.1, 0.15) is 32.7 Å². The summed E-state index contributed by atoms with van der Waals surface area (Å²) in [4.78, 5) is 24.8. The maximum absolute atomic E-state index is 12.5. The van der Waals surface area contributed by atoms with Crippen molar-refractivity contribution in [1.29, 1.82) is 0 Å². The fourth-order valence-electron chi connectivity index (χ4n) is 3.28. The number of aryl methyl sites for hydroxylation is 1. The average molecular weight is 432 g/mol. The molecule has 31 heavy (non-hydrogen) atoms. The van der Waals surface area contributed by atoms with Gasteiger partial charge in [-0.2, -0.15) is 0 Å². The molecule has 0 radical (unpaired) electrons. The van der Waals surface area contributed by atoms with Gasteiger partial charge in [0.1, 0.15) is 35.9 Å². The molecule has 1 aliphatic heterocycles. The Bertz CT molecular complexity index is 956. The molecule has 2 aromatic carbocycles. The van der Waals surface area contributed by atoms with Crippen LogP contribution in [-0.4, -0.2) is 74.4 Å². The van der Waals surface area contributed by atoms with E-state index >= 15 is 0 Å². The van der Waals surface area contributed by atoms with Crippen LogP contribution >= 0.6 is 0 Å². The largest absolute Gasteiger partial charge is 0.507 e. The molecule has 3 rings (SSSR count). The third-order valence-electron chi connectivity index (χ3n) is 5.03. The van der Waals surface area contributed by atoms with Gasteiger partial charge >= 0.3 is 0 Å². The first-order chi connectivity index (χ1) is 14.7. The molecule has 1 saturated heterocycles. The number of carbonyl (C=O) groups excluding carboxylic acids is 2. The van der Waals surface area contributed by atoms with E-state index in [4.69, 9.17) is 9.47 Å². The van der Waals surface area contributed by atoms with Crippen molar-refractivity contribution in [1.82, 2.24) is 0 Å². The first-order valence-corrected chi connectivity index (χ1v) is 9.64. The molecule has 0 amide bonds. The Labute approximate surface area is 178 Å². The zero-order chi connectivity index (χ0) is 22.7. The predicted octanol–water partition coefficient (Wildman–Crippen LogP) is 0.335. The van der Waals surface area contributed by atoms with E-state index in [1.54, 1.807) is 18.2 Å². The summed E-state index contributed by atoms with van der Waals surface area (Å²) in [6, 6.07) is 10.5. The average Bonchev–Trinajstić information content (AvgIpc) is 2.74. The number of carbonyl (C=O) groups is 2. The Morgan fingerprint density at radius 1 is 1.00 bits per heavy atom. The van der Waals surface area contributed by atoms with E-state index in [2.05, 4.69) is 0 Å². The number of phenols is 1. The predicted molar refractivity (Wildman–Crippen MR) is 107 cm³/mol. The summed E-state index contributed by atoms with van der Waals surface area (Å²) in [5.74, 6) is -1.40. The van der Waals surface area contributed by atoms with E-state index in [9.17, 15) is 35.1 Å². The zero-order valence-corrected chi connectivity index (χ0v) is 16.7. The normalized spacial score (nSPS) is 25.8. The van der Waals surface area contributed by atoms with Gasteiger partial charge in [0.15, 0.2) is 11.6 Å². The SMILES string of the molecule is Cc1cccc(C(=O)CC(=O)c2ccc(OC3O[C@H](CO)[C@@H](O)[C@H](O)[C@H]3O)cc2O)c1. The van der Waals surface area contributed by atoms with Crippen molar-refractivity contribution in [3.63, 3.8) is 0 Å². The summed E-state index contributed by atoms with van der Waals surface area (Å²) >= 11 is 0. The summed E-state index contributed by atoms with van der Waals surface area (Å²) in [7, 11) is 0. The lowest BCUT2D eigenvalue weighted by Gasteiger charge is -2.39. The molecule has 1 aliphatic rings. The van der Waals surface area contributed by atoms with E-state index in [1.165, 1.54) is 12.1 Å². The number of ether oxygens (including phenoxy) is 2. The summed E-state index contributed by atoms with van der Waals surface area (Å²) in [5.41, 5.74) is 1.20. The summed E-state index contributed by atoms with van der Waals surface area (Å²) < 4.78 is 10.6. The molecule has 1 heterocycles. The zero-order valence-electron chi connectivity index (χ0n) is 16.7. The molecule has 0 bridgehead atoms. The number of aliphatic hydroxyl groups is 4. The number of phenolic OH excluding ortho intramolecular Hbond substituents is 1. The number of hydrogen-bond acceptors (Lipinski definition) is 9. The molecule has 5 N–H and O–H groups in total. The van der Waals surface area contributed by atoms with Gasteiger partial charge < -0.3 is 35.0 Å². The fraction of sp³-hybridized carbons (Fsp3) is 0.364. The first kappa shape index (κ1) is 22.9. The highest BCUT2D eigenvalue weighted by atomic mass is 16.7. The van der Waals surface area contributed by atoms with E-state index in [-0.39, 0.29) is 17.1 Å². The van der Waals surface area contributed by atoms with Gasteiger partial charge in [0.05, 0.1) is 18.6 Å². The maximum atomic E-state index is 12.5. The summed E-state index contributed by atoms with van der Waals surface area (Å²) in [5, 5.41) is 49.1. The van der Waals surface area contributed by atoms with Crippen LogP contribution in [0.2, 0.25) is 0 Å². The van der Waals surface area contributed by atoms with Crippen LogP contribution < -0.4 is 4.74 Å². The lowest BCUT2D eigenvalue weighted by molar-refractivity contribution is -0.277. The van der Waals surface area contributed by atoms with Crippen LogP contribution in [0.5, 0.6) is 11.5 Å². The Balaban J connectivity index is 1.69. The van der Waals surface area contributed by atoms with Crippen LogP contribution in [0.15, 0.2) is 42.5 Å². The molecule has 0 saturated carbocycles. The minimum Gasteiger partial charge on any atom is -0.507 e. The molecular formula is C22H24O9. The van der Waals surface area contributed by atoms with Crippen molar-refractivity contribution in [3.8, 4) is 11.5 Å². The van der Waals surface area contributed by atoms with Crippen molar-refractivity contribution in [2.45, 2.75) is 44.1 Å². The van der Waals surface area contributed by atoms with Crippen molar-refractivity contribution < 1.29 is 44.6 Å². The monoisotopic (exact) mass is 432 g/mol. The minimum absolute atomic E-state index is 0.00314. The highest BCUT2D eigenvalue weighted by molar-refractivity contribution is 6.14. The van der Waals surface area contributed by atoms with E-state index < -0.39 is 55.3 Å². The third-order valence-corrected chi connectivity index (χ3v) is 5.03. The summed E-state index contributed by atoms with van der Waals surface area (Å²) in [6.07, 6.45) is -7.76. The van der Waals surface area contributed by atoms with Gasteiger partial charge in [0.25, 0.3) is 0 Å². The molecule has 9 nitrogen and oxygen atoms in total. The Morgan fingerprint density at radius 2 is 1.74 bits per heavy atom. The van der Waals surface area contributed by atoms with E-state index in [0.717, 1.165) is 11.6 Å². The van der Waals surface area contributed by atoms with E-state index in [1.807, 2.05) is 13.0 Å². The third kappa shape index (κ3) is 5.09. The number of benzene rings is 2. The second-order valence-corrected chi connectivity index (χ2v) is 7.39. The highest BCUT2D eigenvalue weighted by Gasteiger charge is 2.44. The van der Waals surface area contributed by atoms with Crippen LogP contribution in [0.3, 0.4) is 0 Å². The number of rotatable bonds is 7. The molecule has 5 atom stereocenters. The number of aromatic hydroxyl groups is 1. The van der Waals surface area contributed by atoms with Gasteiger partial charge in [-0.25, -0.2) is 0 Å². The van der Waals surface area contributed by atoms with Gasteiger partial charge in [-0.15, -0.1) is 0 Å². The number of ketones is 2. The van der Waals surface area contributed by atoms with Gasteiger partial charge in [-0.05, 0) is 25.1 Å². The number of Topliss-reactive ketones (excluding diaryl/α,β-unsaturated/α-hetero) is 2. The lowest BCUT2D eigenvalue weighted by atomic mass is 9.99. The van der Waals surface area contributed by atoms with Crippen LogP contribution in [0.25, 0.3) is 0 Å². The van der Waals surface area contributed by atoms with E-state index in [0.29, 0.717) is 5.56 Å². The Hall–Kier alpha value is -2.82. The van der Waals surface area contributed by atoms with Gasteiger partial charge in [0, 0.05) is 11.6 Å². The molecule has 0 aliphatic carbocycles. The molecule has 1 unspecified atom stereocenters. The summed E-state index contributed by atoms with van der Waals surface area (Å²) in [6.45, 7) is 1.22. The van der Waals surface area contributed by atoms with Crippen LogP contribution in [0.4, 0.5) is 0 Å². The van der Waals surface area contributed by atoms with Gasteiger partial charge in [-0.1, -0.05) is 23.8 Å². The maximum Gasteiger partial charge on any atom is 0.229 e. The van der Waals surface area contributed by atoms with Crippen molar-refractivity contribution >= 4 is 11.6 Å². The molecule has 166 valence electrons. The van der Waals surface area contributed by atoms with Crippen LogP contribution in [0, 0.1) is 6.92 Å². The van der Waals surface area contributed by atoms with Crippen molar-refractivity contribution in [3.05, 3.63) is 59.2 Å². The fourth-order valence-corrected chi connectivity index (χ4v) is 3.28. The Morgan fingerprint density at radius 3 is 2.39 bits per heavy atom. The Kier molecular flexibility index (Phi) is 7.04. The van der Waals surface area contributed by atoms with Crippen molar-refractivity contribution in [2.75, 3.05) is 6.61 Å². The molecule has 0 spiro atoms. The highest BCUT2D eigenvalue weighted by Crippen LogP contribution is 2.29. The van der Waals surface area contributed by atoms with Gasteiger partial charge in [-0.3, -0.25) is 9.59 Å². The quantitative estimate of drug-likeness (QED) is 0.308. The second kappa shape index (κ2) is 9.54. The molecule has 9 heteroatoms. The van der Waals surface area contributed by atoms with Crippen molar-refractivity contribution in [2.24, 2.45) is 0 Å². The standard InChI is InChI=1S/C22H24O9/c1-11-3-2-4-12(7-11)15(24)9-17(26)14-6-5-13(8-16(14)25)30-22-21(29)20(28)19(27)18(10-23)31-22/h2-8,18-23,25,27-29H,9-10H2,1H3/t18-,19-,20+,21-,22?/m1/s1. The lowest BCUT2D eigenvalue weighted by Crippen LogP contribution is -2.60. The molecule has 2 aromatic rings. The second-order valence-electron chi connectivity index (χ2n) is 7.39. The van der Waals surface area contributed by atoms with Crippen LogP contribution in [-0.2, 0) is 4.74 Å². The minimum atomic E-state index is -1.62. The molecular weight excluding hydrogens is 408 g/mol. The first-order valence-electron chi connectivity index (χ1n) is 9.64. The van der Waals surface area contributed by atoms with Gasteiger partial charge in [0.2, 0.25) is 6.29 Å². The smallest absolute Gasteiger partial charge is 0.229 e. The number of aliphatic hydroxyl groups excluding tert-OH is 4. The molecule has 1 fully saturated rings. The number of hydrogen-bond donors (Lipinski definition) is 5.